The van der Waals surface area contributed by atoms with Gasteiger partial charge in [0.2, 0.25) is 5.89 Å². The maximum Gasteiger partial charge on any atom is 0.232 e. The summed E-state index contributed by atoms with van der Waals surface area (Å²) in [5.74, 6) is 1.52. The van der Waals surface area contributed by atoms with E-state index >= 15 is 0 Å². The molecule has 2 rings (SSSR count). The van der Waals surface area contributed by atoms with Crippen LogP contribution in [-0.2, 0) is 12.0 Å². The molecule has 21 heavy (non-hydrogen) atoms. The van der Waals surface area contributed by atoms with Crippen molar-refractivity contribution in [2.75, 3.05) is 13.1 Å². The van der Waals surface area contributed by atoms with Crippen molar-refractivity contribution in [3.05, 3.63) is 11.7 Å². The molecule has 5 heteroatoms. The number of nitrogens with one attached hydrogen (secondary N) is 1. The average Bonchev–Trinajstić information content (AvgIpc) is 2.87. The van der Waals surface area contributed by atoms with Gasteiger partial charge in [-0.15, -0.1) is 0 Å². The largest absolute Gasteiger partial charge is 0.339 e. The highest BCUT2D eigenvalue weighted by atomic mass is 16.5. The molecule has 2 heterocycles. The van der Waals surface area contributed by atoms with E-state index in [2.05, 4.69) is 55.0 Å². The standard InChI is InChI=1S/C16H30N4O/c1-12(2)20(10-13-8-6-7-9-17-13)11-14-18-15(21-19-14)16(3,4)5/h12-13,17H,6-11H2,1-5H3. The van der Waals surface area contributed by atoms with Crippen LogP contribution in [0.15, 0.2) is 4.52 Å². The Hall–Kier alpha value is -0.940. The molecule has 0 aromatic carbocycles. The van der Waals surface area contributed by atoms with Gasteiger partial charge in [-0.2, -0.15) is 4.98 Å². The predicted molar refractivity (Wildman–Crippen MR) is 84.2 cm³/mol. The van der Waals surface area contributed by atoms with Crippen LogP contribution in [0.5, 0.6) is 0 Å². The second-order valence-electron chi connectivity index (χ2n) is 7.44. The summed E-state index contributed by atoms with van der Waals surface area (Å²) in [6.07, 6.45) is 3.90. The number of rotatable bonds is 5. The van der Waals surface area contributed by atoms with Gasteiger partial charge >= 0.3 is 0 Å². The molecule has 120 valence electrons. The lowest BCUT2D eigenvalue weighted by molar-refractivity contribution is 0.171. The van der Waals surface area contributed by atoms with Crippen LogP contribution in [0.1, 0.15) is 65.6 Å². The van der Waals surface area contributed by atoms with Crippen molar-refractivity contribution < 1.29 is 4.52 Å². The van der Waals surface area contributed by atoms with Gasteiger partial charge in [0.1, 0.15) is 0 Å². The van der Waals surface area contributed by atoms with Gasteiger partial charge in [-0.3, -0.25) is 4.90 Å². The smallest absolute Gasteiger partial charge is 0.232 e. The van der Waals surface area contributed by atoms with Crippen molar-refractivity contribution in [3.63, 3.8) is 0 Å². The highest BCUT2D eigenvalue weighted by molar-refractivity contribution is 4.98. The Morgan fingerprint density at radius 2 is 2.10 bits per heavy atom. The molecule has 1 saturated heterocycles. The first kappa shape index (κ1) is 16.4. The van der Waals surface area contributed by atoms with Crippen LogP contribution in [0.4, 0.5) is 0 Å². The third kappa shape index (κ3) is 4.78. The summed E-state index contributed by atoms with van der Waals surface area (Å²) >= 11 is 0. The van der Waals surface area contributed by atoms with Gasteiger partial charge in [0.25, 0.3) is 0 Å². The molecule has 0 aliphatic carbocycles. The van der Waals surface area contributed by atoms with Crippen LogP contribution in [0.3, 0.4) is 0 Å². The molecule has 0 spiro atoms. The molecular formula is C16H30N4O. The van der Waals surface area contributed by atoms with Crippen LogP contribution in [-0.4, -0.2) is 40.2 Å². The van der Waals surface area contributed by atoms with E-state index in [0.29, 0.717) is 12.1 Å². The fourth-order valence-corrected chi connectivity index (χ4v) is 2.63. The minimum absolute atomic E-state index is 0.0845. The lowest BCUT2D eigenvalue weighted by atomic mass is 9.97. The van der Waals surface area contributed by atoms with Crippen molar-refractivity contribution in [2.24, 2.45) is 0 Å². The van der Waals surface area contributed by atoms with Crippen molar-refractivity contribution >= 4 is 0 Å². The van der Waals surface area contributed by atoms with Crippen LogP contribution in [0.2, 0.25) is 0 Å². The molecule has 1 unspecified atom stereocenters. The minimum atomic E-state index is -0.0845. The molecule has 1 atom stereocenters. The van der Waals surface area contributed by atoms with Crippen molar-refractivity contribution in [1.82, 2.24) is 20.4 Å². The third-order valence-corrected chi connectivity index (χ3v) is 4.05. The lowest BCUT2D eigenvalue weighted by Crippen LogP contribution is -2.45. The SMILES string of the molecule is CC(C)N(Cc1noc(C(C)(C)C)n1)CC1CCCCN1. The molecule has 1 N–H and O–H groups in total. The molecule has 1 aromatic heterocycles. The predicted octanol–water partition coefficient (Wildman–Crippen LogP) is 2.72. The Kier molecular flexibility index (Phi) is 5.38. The Labute approximate surface area is 128 Å². The molecule has 1 fully saturated rings. The average molecular weight is 294 g/mol. The molecule has 0 amide bonds. The van der Waals surface area contributed by atoms with E-state index in [9.17, 15) is 0 Å². The normalized spacial score (nSPS) is 20.4. The zero-order valence-corrected chi connectivity index (χ0v) is 14.1. The van der Waals surface area contributed by atoms with Gasteiger partial charge in [0.05, 0.1) is 6.54 Å². The summed E-state index contributed by atoms with van der Waals surface area (Å²) in [4.78, 5) is 6.99. The summed E-state index contributed by atoms with van der Waals surface area (Å²) in [7, 11) is 0. The van der Waals surface area contributed by atoms with E-state index in [1.807, 2.05) is 0 Å². The number of nitrogens with zero attached hydrogens (tertiary/aromatic N) is 3. The van der Waals surface area contributed by atoms with Crippen molar-refractivity contribution in [3.8, 4) is 0 Å². The van der Waals surface area contributed by atoms with Gasteiger partial charge in [-0.1, -0.05) is 32.3 Å². The van der Waals surface area contributed by atoms with Gasteiger partial charge in [-0.25, -0.2) is 0 Å². The Balaban J connectivity index is 1.97. The van der Waals surface area contributed by atoms with Crippen LogP contribution >= 0.6 is 0 Å². The van der Waals surface area contributed by atoms with Gasteiger partial charge in [0, 0.05) is 24.0 Å². The molecule has 0 saturated carbocycles. The summed E-state index contributed by atoms with van der Waals surface area (Å²) in [5, 5.41) is 7.76. The van der Waals surface area contributed by atoms with E-state index in [0.717, 1.165) is 31.3 Å². The lowest BCUT2D eigenvalue weighted by Gasteiger charge is -2.32. The Bertz CT molecular complexity index is 430. The topological polar surface area (TPSA) is 54.2 Å². The summed E-state index contributed by atoms with van der Waals surface area (Å²) in [6, 6.07) is 1.07. The van der Waals surface area contributed by atoms with E-state index in [1.165, 1.54) is 19.3 Å². The fourth-order valence-electron chi connectivity index (χ4n) is 2.63. The Morgan fingerprint density at radius 1 is 1.33 bits per heavy atom. The molecule has 0 bridgehead atoms. The first-order valence-electron chi connectivity index (χ1n) is 8.17. The summed E-state index contributed by atoms with van der Waals surface area (Å²) in [5.41, 5.74) is -0.0845. The van der Waals surface area contributed by atoms with E-state index < -0.39 is 0 Å². The Morgan fingerprint density at radius 3 is 2.62 bits per heavy atom. The number of hydrogen-bond acceptors (Lipinski definition) is 5. The highest BCUT2D eigenvalue weighted by Gasteiger charge is 2.24. The maximum atomic E-state index is 5.40. The third-order valence-electron chi connectivity index (χ3n) is 4.05. The van der Waals surface area contributed by atoms with Gasteiger partial charge < -0.3 is 9.84 Å². The summed E-state index contributed by atoms with van der Waals surface area (Å²) < 4.78 is 5.40. The minimum Gasteiger partial charge on any atom is -0.339 e. The van der Waals surface area contributed by atoms with E-state index in [-0.39, 0.29) is 5.41 Å². The number of aromatic nitrogens is 2. The van der Waals surface area contributed by atoms with Crippen molar-refractivity contribution in [2.45, 2.75) is 77.9 Å². The second kappa shape index (κ2) is 6.88. The number of piperidine rings is 1. The number of hydrogen-bond donors (Lipinski definition) is 1. The zero-order chi connectivity index (χ0) is 15.5. The van der Waals surface area contributed by atoms with Gasteiger partial charge in [0.15, 0.2) is 5.82 Å². The van der Waals surface area contributed by atoms with E-state index in [4.69, 9.17) is 4.52 Å². The quantitative estimate of drug-likeness (QED) is 0.905. The molecule has 1 aromatic rings. The maximum absolute atomic E-state index is 5.40. The first-order chi connectivity index (χ1) is 9.86. The second-order valence-corrected chi connectivity index (χ2v) is 7.44. The monoisotopic (exact) mass is 294 g/mol. The highest BCUT2D eigenvalue weighted by Crippen LogP contribution is 2.20. The molecule has 0 radical (unpaired) electrons. The molecule has 5 nitrogen and oxygen atoms in total. The fraction of sp³-hybridized carbons (Fsp3) is 0.875. The van der Waals surface area contributed by atoms with Crippen LogP contribution in [0.25, 0.3) is 0 Å². The zero-order valence-electron chi connectivity index (χ0n) is 14.1. The molecule has 1 aliphatic heterocycles. The molecule has 1 aliphatic rings. The molecular weight excluding hydrogens is 264 g/mol. The van der Waals surface area contributed by atoms with Crippen LogP contribution < -0.4 is 5.32 Å². The van der Waals surface area contributed by atoms with Crippen molar-refractivity contribution in [1.29, 1.82) is 0 Å². The van der Waals surface area contributed by atoms with Gasteiger partial charge in [-0.05, 0) is 33.2 Å². The summed E-state index contributed by atoms with van der Waals surface area (Å²) in [6.45, 7) is 13.7. The van der Waals surface area contributed by atoms with E-state index in [1.54, 1.807) is 0 Å². The van der Waals surface area contributed by atoms with Crippen LogP contribution in [0, 0.1) is 0 Å². The first-order valence-corrected chi connectivity index (χ1v) is 8.17.